The van der Waals surface area contributed by atoms with Gasteiger partial charge in [-0.05, 0) is 23.8 Å². The fraction of sp³-hybridized carbons (Fsp3) is 0.176. The van der Waals surface area contributed by atoms with Crippen LogP contribution in [-0.2, 0) is 11.3 Å². The van der Waals surface area contributed by atoms with Crippen LogP contribution in [0.3, 0.4) is 0 Å². The molecule has 4 nitrogen and oxygen atoms in total. The van der Waals surface area contributed by atoms with Crippen molar-refractivity contribution in [3.63, 3.8) is 0 Å². The van der Waals surface area contributed by atoms with E-state index in [4.69, 9.17) is 28.9 Å². The van der Waals surface area contributed by atoms with Crippen LogP contribution in [0.15, 0.2) is 48.5 Å². The summed E-state index contributed by atoms with van der Waals surface area (Å²) in [6.45, 7) is 0.591. The Morgan fingerprint density at radius 1 is 1.04 bits per heavy atom. The Morgan fingerprint density at radius 2 is 1.74 bits per heavy atom. The molecule has 6 heteroatoms. The lowest BCUT2D eigenvalue weighted by molar-refractivity contribution is -0.118. The SMILES string of the molecule is NC(=O)CCN(Cc1ccccc1)C(=O)c1ccc(Cl)cc1Cl. The number of carbonyl (C=O) groups excluding carboxylic acids is 2. The van der Waals surface area contributed by atoms with Crippen LogP contribution in [0.25, 0.3) is 0 Å². The van der Waals surface area contributed by atoms with Crippen LogP contribution in [-0.4, -0.2) is 23.3 Å². The van der Waals surface area contributed by atoms with Gasteiger partial charge in [0.25, 0.3) is 5.91 Å². The van der Waals surface area contributed by atoms with E-state index in [1.165, 1.54) is 6.07 Å². The van der Waals surface area contributed by atoms with Gasteiger partial charge in [-0.1, -0.05) is 53.5 Å². The highest BCUT2D eigenvalue weighted by atomic mass is 35.5. The average molecular weight is 351 g/mol. The van der Waals surface area contributed by atoms with Gasteiger partial charge in [0, 0.05) is 24.5 Å². The van der Waals surface area contributed by atoms with Crippen molar-refractivity contribution < 1.29 is 9.59 Å². The molecule has 0 fully saturated rings. The van der Waals surface area contributed by atoms with E-state index >= 15 is 0 Å². The third kappa shape index (κ3) is 4.98. The molecule has 2 rings (SSSR count). The van der Waals surface area contributed by atoms with Gasteiger partial charge >= 0.3 is 0 Å². The second kappa shape index (κ2) is 7.99. The minimum Gasteiger partial charge on any atom is -0.370 e. The molecule has 23 heavy (non-hydrogen) atoms. The summed E-state index contributed by atoms with van der Waals surface area (Å²) in [7, 11) is 0. The number of benzene rings is 2. The Morgan fingerprint density at radius 3 is 2.35 bits per heavy atom. The van der Waals surface area contributed by atoms with Crippen LogP contribution < -0.4 is 5.73 Å². The van der Waals surface area contributed by atoms with E-state index in [1.54, 1.807) is 17.0 Å². The van der Waals surface area contributed by atoms with Gasteiger partial charge in [0.1, 0.15) is 0 Å². The van der Waals surface area contributed by atoms with Crippen molar-refractivity contribution >= 4 is 35.0 Å². The number of carbonyl (C=O) groups is 2. The van der Waals surface area contributed by atoms with Gasteiger partial charge in [0.05, 0.1) is 10.6 Å². The van der Waals surface area contributed by atoms with Crippen molar-refractivity contribution in [2.45, 2.75) is 13.0 Å². The van der Waals surface area contributed by atoms with E-state index in [0.29, 0.717) is 17.1 Å². The lowest BCUT2D eigenvalue weighted by atomic mass is 10.1. The number of nitrogens with two attached hydrogens (primary N) is 1. The van der Waals surface area contributed by atoms with Crippen LogP contribution in [0, 0.1) is 0 Å². The molecule has 0 aliphatic heterocycles. The number of hydrogen-bond acceptors (Lipinski definition) is 2. The van der Waals surface area contributed by atoms with E-state index < -0.39 is 5.91 Å². The normalized spacial score (nSPS) is 10.3. The van der Waals surface area contributed by atoms with Crippen molar-refractivity contribution in [3.8, 4) is 0 Å². The summed E-state index contributed by atoms with van der Waals surface area (Å²) in [5.41, 5.74) is 6.50. The van der Waals surface area contributed by atoms with Crippen LogP contribution in [0.4, 0.5) is 0 Å². The average Bonchev–Trinajstić information content (AvgIpc) is 2.51. The zero-order valence-electron chi connectivity index (χ0n) is 12.3. The van der Waals surface area contributed by atoms with Gasteiger partial charge in [-0.25, -0.2) is 0 Å². The molecule has 0 aliphatic rings. The minimum absolute atomic E-state index is 0.0871. The van der Waals surface area contributed by atoms with E-state index in [-0.39, 0.29) is 23.9 Å². The third-order valence-electron chi connectivity index (χ3n) is 3.29. The third-order valence-corrected chi connectivity index (χ3v) is 3.84. The smallest absolute Gasteiger partial charge is 0.255 e. The highest BCUT2D eigenvalue weighted by Crippen LogP contribution is 2.23. The summed E-state index contributed by atoms with van der Waals surface area (Å²) in [4.78, 5) is 25.4. The van der Waals surface area contributed by atoms with Crippen LogP contribution >= 0.6 is 23.2 Å². The first-order valence-electron chi connectivity index (χ1n) is 7.04. The summed E-state index contributed by atoms with van der Waals surface area (Å²) in [6, 6.07) is 14.2. The molecular weight excluding hydrogens is 335 g/mol. The molecule has 0 aliphatic carbocycles. The van der Waals surface area contributed by atoms with Crippen molar-refractivity contribution in [2.75, 3.05) is 6.54 Å². The lowest BCUT2D eigenvalue weighted by Gasteiger charge is -2.23. The fourth-order valence-corrected chi connectivity index (χ4v) is 2.62. The zero-order valence-corrected chi connectivity index (χ0v) is 13.8. The topological polar surface area (TPSA) is 63.4 Å². The predicted molar refractivity (Wildman–Crippen MR) is 91.5 cm³/mol. The number of amides is 2. The highest BCUT2D eigenvalue weighted by molar-refractivity contribution is 6.36. The number of hydrogen-bond donors (Lipinski definition) is 1. The number of halogens is 2. The molecular formula is C17H16Cl2N2O2. The second-order valence-electron chi connectivity index (χ2n) is 5.05. The fourth-order valence-electron chi connectivity index (χ4n) is 2.13. The molecule has 120 valence electrons. The number of primary amides is 1. The molecule has 2 aromatic rings. The zero-order chi connectivity index (χ0) is 16.8. The molecule has 2 aromatic carbocycles. The lowest BCUT2D eigenvalue weighted by Crippen LogP contribution is -2.33. The maximum atomic E-state index is 12.7. The monoisotopic (exact) mass is 350 g/mol. The summed E-state index contributed by atoms with van der Waals surface area (Å²) in [5, 5.41) is 0.734. The second-order valence-corrected chi connectivity index (χ2v) is 5.90. The van der Waals surface area contributed by atoms with Gasteiger partial charge in [-0.2, -0.15) is 0 Å². The van der Waals surface area contributed by atoms with Gasteiger partial charge in [-0.3, -0.25) is 9.59 Å². The Kier molecular flexibility index (Phi) is 6.02. The number of rotatable bonds is 6. The van der Waals surface area contributed by atoms with Crippen molar-refractivity contribution in [1.82, 2.24) is 4.90 Å². The van der Waals surface area contributed by atoms with Gasteiger partial charge in [-0.15, -0.1) is 0 Å². The van der Waals surface area contributed by atoms with Crippen molar-refractivity contribution in [1.29, 1.82) is 0 Å². The minimum atomic E-state index is -0.460. The molecule has 2 amide bonds. The van der Waals surface area contributed by atoms with Gasteiger partial charge < -0.3 is 10.6 Å². The Hall–Kier alpha value is -2.04. The molecule has 0 unspecified atom stereocenters. The predicted octanol–water partition coefficient (Wildman–Crippen LogP) is 3.51. The van der Waals surface area contributed by atoms with E-state index in [1.807, 2.05) is 30.3 Å². The standard InChI is InChI=1S/C17H16Cl2N2O2/c18-13-6-7-14(15(19)10-13)17(23)21(9-8-16(20)22)11-12-4-2-1-3-5-12/h1-7,10H,8-9,11H2,(H2,20,22). The van der Waals surface area contributed by atoms with Gasteiger partial charge in [0.15, 0.2) is 0 Å². The van der Waals surface area contributed by atoms with Crippen molar-refractivity contribution in [2.24, 2.45) is 5.73 Å². The molecule has 0 saturated carbocycles. The summed E-state index contributed by atoms with van der Waals surface area (Å²) in [5.74, 6) is -0.727. The molecule has 0 heterocycles. The van der Waals surface area contributed by atoms with Crippen LogP contribution in [0.2, 0.25) is 10.0 Å². The first kappa shape index (κ1) is 17.3. The quantitative estimate of drug-likeness (QED) is 0.866. The molecule has 2 N–H and O–H groups in total. The molecule has 0 radical (unpaired) electrons. The largest absolute Gasteiger partial charge is 0.370 e. The van der Waals surface area contributed by atoms with Crippen LogP contribution in [0.1, 0.15) is 22.3 Å². The molecule has 0 aromatic heterocycles. The number of nitrogens with zero attached hydrogens (tertiary/aromatic N) is 1. The molecule has 0 saturated heterocycles. The molecule has 0 atom stereocenters. The summed E-state index contributed by atoms with van der Waals surface area (Å²) < 4.78 is 0. The summed E-state index contributed by atoms with van der Waals surface area (Å²) >= 11 is 12.0. The maximum Gasteiger partial charge on any atom is 0.255 e. The van der Waals surface area contributed by atoms with Crippen LogP contribution in [0.5, 0.6) is 0 Å². The Labute approximate surface area is 144 Å². The maximum absolute atomic E-state index is 12.7. The van der Waals surface area contributed by atoms with E-state index in [2.05, 4.69) is 0 Å². The summed E-state index contributed by atoms with van der Waals surface area (Å²) in [6.07, 6.45) is 0.0871. The van der Waals surface area contributed by atoms with Gasteiger partial charge in [0.2, 0.25) is 5.91 Å². The Balaban J connectivity index is 2.24. The highest BCUT2D eigenvalue weighted by Gasteiger charge is 2.19. The van der Waals surface area contributed by atoms with E-state index in [0.717, 1.165) is 5.56 Å². The van der Waals surface area contributed by atoms with Crippen molar-refractivity contribution in [3.05, 3.63) is 69.7 Å². The first-order chi connectivity index (χ1) is 11.0. The molecule has 0 spiro atoms. The van der Waals surface area contributed by atoms with E-state index in [9.17, 15) is 9.59 Å². The Bertz CT molecular complexity index is 705. The molecule has 0 bridgehead atoms. The first-order valence-corrected chi connectivity index (χ1v) is 7.79.